The summed E-state index contributed by atoms with van der Waals surface area (Å²) in [5, 5.41) is 4.16. The van der Waals surface area contributed by atoms with Crippen LogP contribution in [0, 0.1) is 0 Å². The fourth-order valence-corrected chi connectivity index (χ4v) is 1.72. The molecule has 0 aliphatic carbocycles. The van der Waals surface area contributed by atoms with Gasteiger partial charge in [-0.1, -0.05) is 34.8 Å². The van der Waals surface area contributed by atoms with Crippen molar-refractivity contribution in [2.45, 2.75) is 6.92 Å². The first-order valence-electron chi connectivity index (χ1n) is 4.77. The number of nitrogens with one attached hydrogen (secondary N) is 2. The Morgan fingerprint density at radius 2 is 1.67 bits per heavy atom. The first-order chi connectivity index (χ1) is 8.31. The van der Waals surface area contributed by atoms with Crippen LogP contribution in [0.2, 0.25) is 15.1 Å². The third kappa shape index (κ3) is 3.94. The van der Waals surface area contributed by atoms with E-state index in [1.165, 1.54) is 26.1 Å². The number of nitrogens with zero attached hydrogens (tertiary/aromatic N) is 1. The number of hydrazine groups is 1. The van der Waals surface area contributed by atoms with Gasteiger partial charge in [-0.05, 0) is 12.1 Å². The van der Waals surface area contributed by atoms with Crippen LogP contribution in [0.1, 0.15) is 6.92 Å². The Morgan fingerprint density at radius 1 is 1.17 bits per heavy atom. The molecular weight excluding hydrogens is 300 g/mol. The van der Waals surface area contributed by atoms with Crippen LogP contribution in [-0.2, 0) is 4.79 Å². The van der Waals surface area contributed by atoms with E-state index in [4.69, 9.17) is 34.8 Å². The molecule has 0 aliphatic rings. The Morgan fingerprint density at radius 3 is 2.11 bits per heavy atom. The van der Waals surface area contributed by atoms with E-state index in [0.29, 0.717) is 5.69 Å². The van der Waals surface area contributed by atoms with E-state index >= 15 is 0 Å². The highest BCUT2D eigenvalue weighted by Gasteiger charge is 2.12. The van der Waals surface area contributed by atoms with Gasteiger partial charge in [0.05, 0.1) is 15.1 Å². The maximum atomic E-state index is 11.6. The summed E-state index contributed by atoms with van der Waals surface area (Å²) in [6, 6.07) is 2.37. The van der Waals surface area contributed by atoms with Crippen LogP contribution in [0.15, 0.2) is 12.1 Å². The molecule has 3 amide bonds. The fraction of sp³-hybridized carbons (Fsp3) is 0.200. The van der Waals surface area contributed by atoms with Crippen LogP contribution in [0.25, 0.3) is 0 Å². The number of urea groups is 1. The third-order valence-electron chi connectivity index (χ3n) is 1.86. The molecule has 1 aromatic carbocycles. The number of rotatable bonds is 1. The van der Waals surface area contributed by atoms with E-state index in [-0.39, 0.29) is 21.0 Å². The van der Waals surface area contributed by atoms with Crippen molar-refractivity contribution >= 4 is 52.4 Å². The molecule has 5 nitrogen and oxygen atoms in total. The summed E-state index contributed by atoms with van der Waals surface area (Å²) < 4.78 is 0. The first kappa shape index (κ1) is 14.9. The predicted molar refractivity (Wildman–Crippen MR) is 72.1 cm³/mol. The molecule has 2 N–H and O–H groups in total. The van der Waals surface area contributed by atoms with Gasteiger partial charge in [-0.2, -0.15) is 0 Å². The molecule has 0 saturated heterocycles. The van der Waals surface area contributed by atoms with Gasteiger partial charge in [-0.3, -0.25) is 10.2 Å². The van der Waals surface area contributed by atoms with Gasteiger partial charge in [0.25, 0.3) is 0 Å². The topological polar surface area (TPSA) is 61.4 Å². The van der Waals surface area contributed by atoms with Crippen molar-refractivity contribution in [1.82, 2.24) is 10.4 Å². The van der Waals surface area contributed by atoms with Gasteiger partial charge in [0.15, 0.2) is 0 Å². The lowest BCUT2D eigenvalue weighted by Gasteiger charge is -2.18. The zero-order chi connectivity index (χ0) is 13.9. The van der Waals surface area contributed by atoms with Crippen molar-refractivity contribution in [3.05, 3.63) is 27.2 Å². The summed E-state index contributed by atoms with van der Waals surface area (Å²) in [5.74, 6) is -0.361. The van der Waals surface area contributed by atoms with Gasteiger partial charge in [-0.25, -0.2) is 9.80 Å². The summed E-state index contributed by atoms with van der Waals surface area (Å²) >= 11 is 17.4. The minimum atomic E-state index is -0.542. The Hall–Kier alpha value is -1.17. The normalized spacial score (nSPS) is 9.83. The Bertz CT molecular complexity index is 470. The summed E-state index contributed by atoms with van der Waals surface area (Å²) in [6.45, 7) is 1.29. The van der Waals surface area contributed by atoms with E-state index in [9.17, 15) is 9.59 Å². The Balaban J connectivity index is 2.79. The first-order valence-corrected chi connectivity index (χ1v) is 5.91. The summed E-state index contributed by atoms with van der Waals surface area (Å²) in [4.78, 5) is 22.4. The molecule has 8 heteroatoms. The summed E-state index contributed by atoms with van der Waals surface area (Å²) in [5.41, 5.74) is 2.67. The number of benzene rings is 1. The standard InChI is InChI=1S/C10H10Cl3N3O2/c1-5(17)15-16(2)10(18)14-6-3-7(11)9(13)8(12)4-6/h3-4H,1-2H3,(H,14,18)(H,15,17). The van der Waals surface area contributed by atoms with Crippen molar-refractivity contribution in [2.24, 2.45) is 0 Å². The molecule has 0 heterocycles. The maximum Gasteiger partial charge on any atom is 0.340 e. The molecule has 0 atom stereocenters. The molecule has 0 unspecified atom stereocenters. The molecule has 1 aromatic rings. The monoisotopic (exact) mass is 309 g/mol. The number of amides is 3. The van der Waals surface area contributed by atoms with Gasteiger partial charge in [0, 0.05) is 19.7 Å². The second-order valence-corrected chi connectivity index (χ2v) is 4.60. The smallest absolute Gasteiger partial charge is 0.306 e. The van der Waals surface area contributed by atoms with Crippen molar-refractivity contribution in [3.63, 3.8) is 0 Å². The van der Waals surface area contributed by atoms with E-state index in [1.54, 1.807) is 0 Å². The second-order valence-electron chi connectivity index (χ2n) is 3.41. The lowest BCUT2D eigenvalue weighted by Crippen LogP contribution is -2.44. The summed E-state index contributed by atoms with van der Waals surface area (Å²) in [7, 11) is 1.40. The Labute approximate surface area is 119 Å². The van der Waals surface area contributed by atoms with Gasteiger partial charge >= 0.3 is 6.03 Å². The second kappa shape index (κ2) is 6.13. The fourth-order valence-electron chi connectivity index (χ4n) is 1.12. The van der Waals surface area contributed by atoms with Crippen LogP contribution in [0.4, 0.5) is 10.5 Å². The third-order valence-corrected chi connectivity index (χ3v) is 3.06. The van der Waals surface area contributed by atoms with Gasteiger partial charge in [0.1, 0.15) is 0 Å². The van der Waals surface area contributed by atoms with Crippen LogP contribution < -0.4 is 10.7 Å². The molecule has 0 spiro atoms. The van der Waals surface area contributed by atoms with E-state index in [0.717, 1.165) is 5.01 Å². The van der Waals surface area contributed by atoms with Gasteiger partial charge in [-0.15, -0.1) is 0 Å². The zero-order valence-electron chi connectivity index (χ0n) is 9.55. The molecule has 18 heavy (non-hydrogen) atoms. The molecule has 98 valence electrons. The minimum absolute atomic E-state index is 0.214. The molecular formula is C10H10Cl3N3O2. The van der Waals surface area contributed by atoms with Crippen molar-refractivity contribution in [3.8, 4) is 0 Å². The number of halogens is 3. The molecule has 0 radical (unpaired) electrons. The average molecular weight is 311 g/mol. The molecule has 0 aliphatic heterocycles. The van der Waals surface area contributed by atoms with Crippen LogP contribution >= 0.6 is 34.8 Å². The van der Waals surface area contributed by atoms with E-state index in [1.807, 2.05) is 0 Å². The number of carbonyl (C=O) groups excluding carboxylic acids is 2. The number of hydrogen-bond donors (Lipinski definition) is 2. The van der Waals surface area contributed by atoms with Crippen molar-refractivity contribution in [2.75, 3.05) is 12.4 Å². The molecule has 0 aromatic heterocycles. The highest BCUT2D eigenvalue weighted by molar-refractivity contribution is 6.48. The SMILES string of the molecule is CC(=O)NN(C)C(=O)Nc1cc(Cl)c(Cl)c(Cl)c1. The lowest BCUT2D eigenvalue weighted by molar-refractivity contribution is -0.122. The van der Waals surface area contributed by atoms with Crippen LogP contribution in [-0.4, -0.2) is 24.0 Å². The molecule has 0 bridgehead atoms. The zero-order valence-corrected chi connectivity index (χ0v) is 11.8. The largest absolute Gasteiger partial charge is 0.340 e. The van der Waals surface area contributed by atoms with E-state index < -0.39 is 6.03 Å². The van der Waals surface area contributed by atoms with Crippen LogP contribution in [0.3, 0.4) is 0 Å². The van der Waals surface area contributed by atoms with Crippen molar-refractivity contribution in [1.29, 1.82) is 0 Å². The van der Waals surface area contributed by atoms with Crippen molar-refractivity contribution < 1.29 is 9.59 Å². The Kier molecular flexibility index (Phi) is 5.07. The number of carbonyl (C=O) groups is 2. The van der Waals surface area contributed by atoms with Gasteiger partial charge in [0.2, 0.25) is 5.91 Å². The lowest BCUT2D eigenvalue weighted by atomic mass is 10.3. The van der Waals surface area contributed by atoms with E-state index in [2.05, 4.69) is 10.7 Å². The maximum absolute atomic E-state index is 11.6. The quantitative estimate of drug-likeness (QED) is 0.618. The number of hydrogen-bond acceptors (Lipinski definition) is 2. The number of anilines is 1. The minimum Gasteiger partial charge on any atom is -0.306 e. The average Bonchev–Trinajstić information content (AvgIpc) is 2.24. The predicted octanol–water partition coefficient (Wildman–Crippen LogP) is 3.16. The van der Waals surface area contributed by atoms with Crippen LogP contribution in [0.5, 0.6) is 0 Å². The molecule has 0 fully saturated rings. The molecule has 1 rings (SSSR count). The summed E-state index contributed by atoms with van der Waals surface area (Å²) in [6.07, 6.45) is 0. The van der Waals surface area contributed by atoms with Gasteiger partial charge < -0.3 is 5.32 Å². The highest BCUT2D eigenvalue weighted by Crippen LogP contribution is 2.33. The highest BCUT2D eigenvalue weighted by atomic mass is 35.5. The molecule has 0 saturated carbocycles.